The monoisotopic (exact) mass is 392 g/mol. The van der Waals surface area contributed by atoms with Gasteiger partial charge in [-0.3, -0.25) is 4.57 Å². The molecule has 0 atom stereocenters. The average Bonchev–Trinajstić information content (AvgIpc) is 3.17. The van der Waals surface area contributed by atoms with Crippen LogP contribution < -0.4 is 0 Å². The zero-order valence-electron chi connectivity index (χ0n) is 19.8. The topological polar surface area (TPSA) is 17.8 Å². The zero-order valence-corrected chi connectivity index (χ0v) is 19.8. The molecular formula is C27H40N2. The van der Waals surface area contributed by atoms with Gasteiger partial charge in [0.25, 0.3) is 0 Å². The van der Waals surface area contributed by atoms with E-state index in [4.69, 9.17) is 0 Å². The predicted octanol–water partition coefficient (Wildman–Crippen LogP) is 8.19. The van der Waals surface area contributed by atoms with Gasteiger partial charge in [-0.15, -0.1) is 0 Å². The van der Waals surface area contributed by atoms with Crippen molar-refractivity contribution in [2.24, 2.45) is 5.92 Å². The Hall–Kier alpha value is -2.35. The third-order valence-corrected chi connectivity index (χ3v) is 4.28. The molecule has 2 aromatic carbocycles. The number of aryl methyl sites for hydroxylation is 3. The highest BCUT2D eigenvalue weighted by Gasteiger charge is 2.12. The molecule has 3 aromatic rings. The van der Waals surface area contributed by atoms with Crippen LogP contribution in [0.15, 0.2) is 54.9 Å². The first-order chi connectivity index (χ1) is 13.9. The van der Waals surface area contributed by atoms with Gasteiger partial charge in [-0.1, -0.05) is 90.4 Å². The highest BCUT2D eigenvalue weighted by molar-refractivity contribution is 5.61. The SMILES string of the molecule is CC.CC(C)C.CCCCc1cc(C)c(-n2ccnc2-c2ccccc2)c(C)c1. The summed E-state index contributed by atoms with van der Waals surface area (Å²) in [6.07, 6.45) is 7.58. The summed E-state index contributed by atoms with van der Waals surface area (Å²) in [7, 11) is 0. The molecule has 3 rings (SSSR count). The summed E-state index contributed by atoms with van der Waals surface area (Å²) >= 11 is 0. The van der Waals surface area contributed by atoms with Gasteiger partial charge in [-0.05, 0) is 49.3 Å². The largest absolute Gasteiger partial charge is 0.299 e. The van der Waals surface area contributed by atoms with E-state index in [0.717, 1.165) is 23.7 Å². The summed E-state index contributed by atoms with van der Waals surface area (Å²) in [4.78, 5) is 4.58. The maximum Gasteiger partial charge on any atom is 0.144 e. The molecule has 0 aliphatic carbocycles. The molecule has 0 aliphatic rings. The summed E-state index contributed by atoms with van der Waals surface area (Å²) in [5.74, 6) is 1.83. The van der Waals surface area contributed by atoms with Crippen LogP contribution in [-0.4, -0.2) is 9.55 Å². The molecule has 0 radical (unpaired) electrons. The Bertz CT molecular complexity index is 803. The van der Waals surface area contributed by atoms with Crippen molar-refractivity contribution < 1.29 is 0 Å². The van der Waals surface area contributed by atoms with E-state index in [9.17, 15) is 0 Å². The van der Waals surface area contributed by atoms with Crippen LogP contribution in [0.5, 0.6) is 0 Å². The molecule has 29 heavy (non-hydrogen) atoms. The van der Waals surface area contributed by atoms with Gasteiger partial charge in [-0.2, -0.15) is 0 Å². The summed E-state index contributed by atoms with van der Waals surface area (Å²) in [6, 6.07) is 15.0. The van der Waals surface area contributed by atoms with Gasteiger partial charge in [-0.25, -0.2) is 4.98 Å². The Morgan fingerprint density at radius 2 is 1.48 bits per heavy atom. The summed E-state index contributed by atoms with van der Waals surface area (Å²) in [5.41, 5.74) is 6.46. The smallest absolute Gasteiger partial charge is 0.144 e. The number of unbranched alkanes of at least 4 members (excludes halogenated alkanes) is 1. The summed E-state index contributed by atoms with van der Waals surface area (Å²) in [6.45, 7) is 17.1. The number of aromatic nitrogens is 2. The molecular weight excluding hydrogens is 352 g/mol. The third-order valence-electron chi connectivity index (χ3n) is 4.28. The Morgan fingerprint density at radius 3 is 2.00 bits per heavy atom. The Balaban J connectivity index is 0.000000627. The molecule has 0 amide bonds. The van der Waals surface area contributed by atoms with E-state index in [1.54, 1.807) is 0 Å². The first-order valence-electron chi connectivity index (χ1n) is 11.1. The number of hydrogen-bond acceptors (Lipinski definition) is 1. The molecule has 0 saturated carbocycles. The standard InChI is InChI=1S/C21H24N2.C4H10.C2H6/c1-4-5-9-18-14-16(2)20(17(3)15-18)23-13-12-22-21(23)19-10-7-6-8-11-19;1-4(2)3;1-2/h6-8,10-15H,4-5,9H2,1-3H3;4H,1-3H3;1-2H3. The quantitative estimate of drug-likeness (QED) is 0.428. The molecule has 0 unspecified atom stereocenters. The number of hydrogen-bond donors (Lipinski definition) is 0. The minimum absolute atomic E-state index is 0.833. The zero-order chi connectivity index (χ0) is 21.8. The third kappa shape index (κ3) is 7.53. The Morgan fingerprint density at radius 1 is 0.931 bits per heavy atom. The summed E-state index contributed by atoms with van der Waals surface area (Å²) < 4.78 is 2.21. The molecule has 0 spiro atoms. The van der Waals surface area contributed by atoms with Gasteiger partial charge in [0.15, 0.2) is 0 Å². The average molecular weight is 393 g/mol. The molecule has 0 saturated heterocycles. The minimum Gasteiger partial charge on any atom is -0.299 e. The van der Waals surface area contributed by atoms with E-state index in [0.29, 0.717) is 0 Å². The van der Waals surface area contributed by atoms with Crippen LogP contribution in [0, 0.1) is 19.8 Å². The van der Waals surface area contributed by atoms with Crippen molar-refractivity contribution in [1.82, 2.24) is 9.55 Å². The van der Waals surface area contributed by atoms with Gasteiger partial charge in [0.05, 0.1) is 5.69 Å². The fraction of sp³-hybridized carbons (Fsp3) is 0.444. The van der Waals surface area contributed by atoms with Gasteiger partial charge < -0.3 is 0 Å². The fourth-order valence-corrected chi connectivity index (χ4v) is 3.24. The molecule has 2 heteroatoms. The first-order valence-corrected chi connectivity index (χ1v) is 11.1. The van der Waals surface area contributed by atoms with Crippen LogP contribution in [0.2, 0.25) is 0 Å². The molecule has 2 nitrogen and oxygen atoms in total. The minimum atomic E-state index is 0.833. The summed E-state index contributed by atoms with van der Waals surface area (Å²) in [5, 5.41) is 0. The number of nitrogens with zero attached hydrogens (tertiary/aromatic N) is 2. The second kappa shape index (κ2) is 13.0. The highest BCUT2D eigenvalue weighted by atomic mass is 15.1. The van der Waals surface area contributed by atoms with Crippen LogP contribution >= 0.6 is 0 Å². The molecule has 1 aromatic heterocycles. The molecule has 0 aliphatic heterocycles. The second-order valence-electron chi connectivity index (χ2n) is 7.90. The van der Waals surface area contributed by atoms with Crippen molar-refractivity contribution >= 4 is 0 Å². The highest BCUT2D eigenvalue weighted by Crippen LogP contribution is 2.27. The van der Waals surface area contributed by atoms with Crippen molar-refractivity contribution in [3.8, 4) is 17.1 Å². The van der Waals surface area contributed by atoms with Gasteiger partial charge in [0.1, 0.15) is 5.82 Å². The van der Waals surface area contributed by atoms with Gasteiger partial charge >= 0.3 is 0 Å². The Labute approximate surface area is 179 Å². The van der Waals surface area contributed by atoms with Crippen molar-refractivity contribution in [3.63, 3.8) is 0 Å². The molecule has 0 bridgehead atoms. The fourth-order valence-electron chi connectivity index (χ4n) is 3.24. The molecule has 158 valence electrons. The predicted molar refractivity (Wildman–Crippen MR) is 129 cm³/mol. The lowest BCUT2D eigenvalue weighted by Gasteiger charge is -2.16. The van der Waals surface area contributed by atoms with Crippen molar-refractivity contribution in [3.05, 3.63) is 71.5 Å². The molecule has 0 fully saturated rings. The van der Waals surface area contributed by atoms with E-state index in [1.165, 1.54) is 35.2 Å². The van der Waals surface area contributed by atoms with Crippen molar-refractivity contribution in [1.29, 1.82) is 0 Å². The van der Waals surface area contributed by atoms with Crippen molar-refractivity contribution in [2.45, 2.75) is 74.7 Å². The van der Waals surface area contributed by atoms with E-state index < -0.39 is 0 Å². The van der Waals surface area contributed by atoms with Crippen LogP contribution in [0.4, 0.5) is 0 Å². The number of benzene rings is 2. The maximum absolute atomic E-state index is 4.58. The maximum atomic E-state index is 4.58. The van der Waals surface area contributed by atoms with Crippen LogP contribution in [0.3, 0.4) is 0 Å². The van der Waals surface area contributed by atoms with Crippen LogP contribution in [0.1, 0.15) is 71.1 Å². The van der Waals surface area contributed by atoms with Crippen molar-refractivity contribution in [2.75, 3.05) is 0 Å². The van der Waals surface area contributed by atoms with E-state index >= 15 is 0 Å². The second-order valence-corrected chi connectivity index (χ2v) is 7.90. The Kier molecular flexibility index (Phi) is 11.1. The first kappa shape index (κ1) is 24.7. The lowest BCUT2D eigenvalue weighted by molar-refractivity contribution is 0.737. The van der Waals surface area contributed by atoms with Crippen LogP contribution in [0.25, 0.3) is 17.1 Å². The lowest BCUT2D eigenvalue weighted by atomic mass is 10.00. The van der Waals surface area contributed by atoms with Gasteiger partial charge in [0, 0.05) is 18.0 Å². The van der Waals surface area contributed by atoms with E-state index in [1.807, 2.05) is 26.1 Å². The van der Waals surface area contributed by atoms with E-state index in [2.05, 4.69) is 93.7 Å². The van der Waals surface area contributed by atoms with E-state index in [-0.39, 0.29) is 0 Å². The number of rotatable bonds is 5. The number of imidazole rings is 1. The van der Waals surface area contributed by atoms with Gasteiger partial charge in [0.2, 0.25) is 0 Å². The lowest BCUT2D eigenvalue weighted by Crippen LogP contribution is -2.03. The normalized spacial score (nSPS) is 10.1. The molecule has 1 heterocycles. The van der Waals surface area contributed by atoms with Crippen LogP contribution in [-0.2, 0) is 6.42 Å². The molecule has 0 N–H and O–H groups in total.